The molecule has 1 aromatic rings. The maximum absolute atomic E-state index is 13.1. The van der Waals surface area contributed by atoms with Crippen LogP contribution in [0.4, 0.5) is 4.39 Å². The van der Waals surface area contributed by atoms with Gasteiger partial charge >= 0.3 is 0 Å². The second kappa shape index (κ2) is 4.59. The summed E-state index contributed by atoms with van der Waals surface area (Å²) < 4.78 is 47.1. The molecule has 4 nitrogen and oxygen atoms in total. The average molecular weight is 234 g/mol. The lowest BCUT2D eigenvalue weighted by molar-refractivity contribution is 0.318. The highest BCUT2D eigenvalue weighted by Crippen LogP contribution is 2.17. The van der Waals surface area contributed by atoms with Gasteiger partial charge in [-0.2, -0.15) is 8.42 Å². The Kier molecular flexibility index (Phi) is 3.65. The molecule has 1 rings (SSSR count). The van der Waals surface area contributed by atoms with Crippen molar-refractivity contribution in [2.75, 3.05) is 12.4 Å². The Bertz CT molecular complexity index is 441. The van der Waals surface area contributed by atoms with E-state index in [1.165, 1.54) is 12.1 Å². The highest BCUT2D eigenvalue weighted by atomic mass is 32.2. The number of hydrogen-bond donors (Lipinski definition) is 1. The average Bonchev–Trinajstić information content (AvgIpc) is 2.07. The zero-order valence-electron chi connectivity index (χ0n) is 8.10. The Balaban J connectivity index is 2.59. The fourth-order valence-corrected chi connectivity index (χ4v) is 1.27. The van der Waals surface area contributed by atoms with E-state index in [1.54, 1.807) is 13.0 Å². The van der Waals surface area contributed by atoms with Crippen LogP contribution in [0.3, 0.4) is 0 Å². The fraction of sp³-hybridized carbons (Fsp3) is 0.333. The molecule has 0 radical (unpaired) electrons. The maximum atomic E-state index is 13.1. The van der Waals surface area contributed by atoms with Crippen molar-refractivity contribution in [2.45, 2.75) is 6.92 Å². The number of halogens is 1. The molecule has 0 saturated heterocycles. The summed E-state index contributed by atoms with van der Waals surface area (Å²) in [7, 11) is -4.06. The van der Waals surface area contributed by atoms with E-state index in [1.807, 2.05) is 0 Å². The van der Waals surface area contributed by atoms with E-state index in [0.29, 0.717) is 0 Å². The summed E-state index contributed by atoms with van der Waals surface area (Å²) in [4.78, 5) is 0. The normalized spacial score (nSPS) is 11.4. The lowest BCUT2D eigenvalue weighted by Gasteiger charge is -2.06. The Hall–Kier alpha value is -1.14. The van der Waals surface area contributed by atoms with Crippen molar-refractivity contribution in [2.24, 2.45) is 0 Å². The maximum Gasteiger partial charge on any atom is 0.268 e. The molecule has 0 aliphatic heterocycles. The van der Waals surface area contributed by atoms with E-state index in [0.717, 1.165) is 5.56 Å². The fourth-order valence-electron chi connectivity index (χ4n) is 0.980. The van der Waals surface area contributed by atoms with Gasteiger partial charge in [0.2, 0.25) is 0 Å². The van der Waals surface area contributed by atoms with E-state index >= 15 is 0 Å². The molecule has 84 valence electrons. The van der Waals surface area contributed by atoms with Crippen LogP contribution < -0.4 is 4.74 Å². The third kappa shape index (κ3) is 4.26. The van der Waals surface area contributed by atoms with Gasteiger partial charge in [-0.15, -0.1) is 0 Å². The Morgan fingerprint density at radius 3 is 2.67 bits per heavy atom. The zero-order valence-corrected chi connectivity index (χ0v) is 8.92. The Labute approximate surface area is 87.4 Å². The minimum atomic E-state index is -4.06. The molecule has 0 aliphatic rings. The van der Waals surface area contributed by atoms with Crippen molar-refractivity contribution < 1.29 is 22.1 Å². The summed E-state index contributed by atoms with van der Waals surface area (Å²) >= 11 is 0. The minimum Gasteiger partial charge on any atom is -0.489 e. The lowest BCUT2D eigenvalue weighted by Crippen LogP contribution is -2.13. The second-order valence-electron chi connectivity index (χ2n) is 3.07. The van der Waals surface area contributed by atoms with Crippen molar-refractivity contribution in [3.05, 3.63) is 29.6 Å². The van der Waals surface area contributed by atoms with Crippen LogP contribution in [0.25, 0.3) is 0 Å². The summed E-state index contributed by atoms with van der Waals surface area (Å²) in [5.74, 6) is -1.13. The van der Waals surface area contributed by atoms with Gasteiger partial charge in [0.05, 0.1) is 0 Å². The van der Waals surface area contributed by atoms with Crippen molar-refractivity contribution in [1.29, 1.82) is 0 Å². The van der Waals surface area contributed by atoms with E-state index in [9.17, 15) is 12.8 Å². The molecule has 1 N–H and O–H groups in total. The monoisotopic (exact) mass is 234 g/mol. The van der Waals surface area contributed by atoms with Gasteiger partial charge in [0, 0.05) is 0 Å². The first-order valence-electron chi connectivity index (χ1n) is 4.22. The number of rotatable bonds is 4. The van der Waals surface area contributed by atoms with Gasteiger partial charge in [0.25, 0.3) is 10.1 Å². The van der Waals surface area contributed by atoms with Gasteiger partial charge < -0.3 is 4.74 Å². The van der Waals surface area contributed by atoms with Crippen LogP contribution in [0.5, 0.6) is 5.75 Å². The van der Waals surface area contributed by atoms with Crippen molar-refractivity contribution in [1.82, 2.24) is 0 Å². The summed E-state index contributed by atoms with van der Waals surface area (Å²) in [6.07, 6.45) is 0. The quantitative estimate of drug-likeness (QED) is 0.800. The molecular weight excluding hydrogens is 223 g/mol. The molecule has 0 fully saturated rings. The summed E-state index contributed by atoms with van der Waals surface area (Å²) in [5.41, 5.74) is 0.745. The second-order valence-corrected chi connectivity index (χ2v) is 4.64. The molecular formula is C9H11FO4S. The smallest absolute Gasteiger partial charge is 0.268 e. The minimum absolute atomic E-state index is 0.0238. The number of ether oxygens (including phenoxy) is 1. The number of hydrogen-bond acceptors (Lipinski definition) is 3. The van der Waals surface area contributed by atoms with Crippen LogP contribution in [0.1, 0.15) is 5.56 Å². The summed E-state index contributed by atoms with van der Waals surface area (Å²) in [6.45, 7) is 1.45. The molecule has 0 aromatic heterocycles. The topological polar surface area (TPSA) is 63.6 Å². The highest BCUT2D eigenvalue weighted by molar-refractivity contribution is 7.85. The lowest BCUT2D eigenvalue weighted by atomic mass is 10.2. The van der Waals surface area contributed by atoms with Gasteiger partial charge in [-0.05, 0) is 24.6 Å². The molecule has 0 spiro atoms. The third-order valence-corrected chi connectivity index (χ3v) is 2.37. The van der Waals surface area contributed by atoms with E-state index < -0.39 is 21.7 Å². The Morgan fingerprint density at radius 1 is 1.47 bits per heavy atom. The Morgan fingerprint density at radius 2 is 2.13 bits per heavy atom. The van der Waals surface area contributed by atoms with Gasteiger partial charge in [0.15, 0.2) is 11.6 Å². The molecule has 0 amide bonds. The summed E-state index contributed by atoms with van der Waals surface area (Å²) in [6, 6.07) is 4.34. The van der Waals surface area contributed by atoms with Crippen molar-refractivity contribution in [3.8, 4) is 5.75 Å². The van der Waals surface area contributed by atoms with E-state index in [-0.39, 0.29) is 12.4 Å². The SMILES string of the molecule is Cc1ccc(OCCS(=O)(=O)O)c(F)c1. The first kappa shape index (κ1) is 11.9. The van der Waals surface area contributed by atoms with Crippen LogP contribution in [-0.2, 0) is 10.1 Å². The highest BCUT2D eigenvalue weighted by Gasteiger charge is 2.07. The molecule has 1 aromatic carbocycles. The van der Waals surface area contributed by atoms with Crippen molar-refractivity contribution in [3.63, 3.8) is 0 Å². The molecule has 0 aliphatic carbocycles. The molecule has 0 unspecified atom stereocenters. The van der Waals surface area contributed by atoms with Gasteiger partial charge in [-0.1, -0.05) is 6.07 Å². The molecule has 0 bridgehead atoms. The molecule has 15 heavy (non-hydrogen) atoms. The van der Waals surface area contributed by atoms with Crippen LogP contribution >= 0.6 is 0 Å². The zero-order chi connectivity index (χ0) is 11.5. The first-order valence-corrected chi connectivity index (χ1v) is 5.83. The first-order chi connectivity index (χ1) is 6.88. The third-order valence-electron chi connectivity index (χ3n) is 1.69. The predicted molar refractivity (Wildman–Crippen MR) is 53.0 cm³/mol. The van der Waals surface area contributed by atoms with Crippen LogP contribution in [0.15, 0.2) is 18.2 Å². The van der Waals surface area contributed by atoms with E-state index in [4.69, 9.17) is 9.29 Å². The predicted octanol–water partition coefficient (Wildman–Crippen LogP) is 1.40. The number of aryl methyl sites for hydroxylation is 1. The molecule has 0 atom stereocenters. The molecule has 0 heterocycles. The van der Waals surface area contributed by atoms with Gasteiger partial charge in [0.1, 0.15) is 12.4 Å². The van der Waals surface area contributed by atoms with Crippen LogP contribution in [0.2, 0.25) is 0 Å². The molecule has 0 saturated carbocycles. The van der Waals surface area contributed by atoms with Crippen molar-refractivity contribution >= 4 is 10.1 Å². The number of benzene rings is 1. The van der Waals surface area contributed by atoms with Crippen LogP contribution in [0, 0.1) is 12.7 Å². The van der Waals surface area contributed by atoms with Gasteiger partial charge in [-0.3, -0.25) is 4.55 Å². The van der Waals surface area contributed by atoms with E-state index in [2.05, 4.69) is 0 Å². The van der Waals surface area contributed by atoms with Crippen LogP contribution in [-0.4, -0.2) is 25.3 Å². The standard InChI is InChI=1S/C9H11FO4S/c1-7-2-3-9(8(10)6-7)14-4-5-15(11,12)13/h2-3,6H,4-5H2,1H3,(H,11,12,13). The largest absolute Gasteiger partial charge is 0.489 e. The van der Waals surface area contributed by atoms with Gasteiger partial charge in [-0.25, -0.2) is 4.39 Å². The molecule has 6 heteroatoms. The summed E-state index contributed by atoms with van der Waals surface area (Å²) in [5, 5.41) is 0.